The van der Waals surface area contributed by atoms with Gasteiger partial charge < -0.3 is 25.0 Å². The number of hydrogen-bond acceptors (Lipinski definition) is 5. The fourth-order valence-corrected chi connectivity index (χ4v) is 3.45. The highest BCUT2D eigenvalue weighted by Gasteiger charge is 2.01. The summed E-state index contributed by atoms with van der Waals surface area (Å²) in [5.74, 6) is 2.03. The molecule has 0 saturated heterocycles. The second kappa shape index (κ2) is 18.5. The first kappa shape index (κ1) is 33.2. The second-order valence-corrected chi connectivity index (χ2v) is 9.31. The van der Waals surface area contributed by atoms with E-state index in [4.69, 9.17) is 19.7 Å². The van der Waals surface area contributed by atoms with E-state index < -0.39 is 0 Å². The van der Waals surface area contributed by atoms with Crippen LogP contribution < -0.4 is 14.8 Å². The van der Waals surface area contributed by atoms with E-state index in [2.05, 4.69) is 62.5 Å². The van der Waals surface area contributed by atoms with E-state index in [9.17, 15) is 0 Å². The van der Waals surface area contributed by atoms with Gasteiger partial charge in [0.05, 0.1) is 20.8 Å². The van der Waals surface area contributed by atoms with Crippen LogP contribution >= 0.6 is 0 Å². The number of aliphatic hydroxyl groups is 1. The Bertz CT molecular complexity index is 1130. The molecule has 210 valence electrons. The zero-order chi connectivity index (χ0) is 29.2. The zero-order valence-corrected chi connectivity index (χ0v) is 24.7. The molecular formula is C34H45NO4. The molecule has 0 radical (unpaired) electrons. The van der Waals surface area contributed by atoms with Crippen molar-refractivity contribution < 1.29 is 19.7 Å². The monoisotopic (exact) mass is 531 g/mol. The lowest BCUT2D eigenvalue weighted by Gasteiger charge is -2.08. The van der Waals surface area contributed by atoms with Crippen LogP contribution in [0.3, 0.4) is 0 Å². The highest BCUT2D eigenvalue weighted by molar-refractivity contribution is 5.37. The molecule has 0 saturated carbocycles. The molecule has 0 fully saturated rings. The Hall–Kier alpha value is -3.80. The lowest BCUT2D eigenvalue weighted by molar-refractivity contribution is 0.273. The third-order valence-corrected chi connectivity index (χ3v) is 5.66. The van der Waals surface area contributed by atoms with Crippen molar-refractivity contribution in [1.82, 2.24) is 5.32 Å². The summed E-state index contributed by atoms with van der Waals surface area (Å²) in [6.45, 7) is 11.1. The van der Waals surface area contributed by atoms with Gasteiger partial charge in [0, 0.05) is 17.7 Å². The van der Waals surface area contributed by atoms with Gasteiger partial charge >= 0.3 is 0 Å². The molecule has 0 aliphatic carbocycles. The maximum absolute atomic E-state index is 8.89. The van der Waals surface area contributed by atoms with Crippen LogP contribution in [0.4, 0.5) is 0 Å². The van der Waals surface area contributed by atoms with E-state index in [1.807, 2.05) is 57.3 Å². The predicted molar refractivity (Wildman–Crippen MR) is 163 cm³/mol. The van der Waals surface area contributed by atoms with Crippen molar-refractivity contribution in [1.29, 1.82) is 0 Å². The predicted octanol–water partition coefficient (Wildman–Crippen LogP) is 7.22. The minimum atomic E-state index is 0.0326. The first-order valence-corrected chi connectivity index (χ1v) is 12.9. The zero-order valence-electron chi connectivity index (χ0n) is 24.7. The standard InChI is InChI=1S/C10H15NO.C9H12O2.C8H10.C7H8O/c1-8-4-5-10(12-3)9(6-8)7-11-2;1-7-3-4-9(11-2)8(5-7)6-10;1-7-3-5-8(2)6-4-7;1-6-2-4-7(8)5-3-6/h4-6,11H,7H2,1-3H3;3-5,10H,6H2,1-2H3;3-6H,1-2H3;2-5,8H,1H3. The highest BCUT2D eigenvalue weighted by Crippen LogP contribution is 2.19. The van der Waals surface area contributed by atoms with Gasteiger partial charge in [-0.15, -0.1) is 0 Å². The quantitative estimate of drug-likeness (QED) is 0.254. The molecule has 0 spiro atoms. The normalized spacial score (nSPS) is 9.56. The largest absolute Gasteiger partial charge is 0.508 e. The van der Waals surface area contributed by atoms with Crippen molar-refractivity contribution >= 4 is 0 Å². The van der Waals surface area contributed by atoms with Crippen LogP contribution in [0.25, 0.3) is 0 Å². The molecule has 4 rings (SSSR count). The van der Waals surface area contributed by atoms with Gasteiger partial charge in [-0.25, -0.2) is 0 Å². The summed E-state index contributed by atoms with van der Waals surface area (Å²) < 4.78 is 10.2. The molecule has 39 heavy (non-hydrogen) atoms. The van der Waals surface area contributed by atoms with Gasteiger partial charge in [0.15, 0.2) is 0 Å². The topological polar surface area (TPSA) is 71.0 Å². The molecule has 3 N–H and O–H groups in total. The highest BCUT2D eigenvalue weighted by atomic mass is 16.5. The Morgan fingerprint density at radius 3 is 1.28 bits per heavy atom. The van der Waals surface area contributed by atoms with Gasteiger partial charge in [-0.2, -0.15) is 0 Å². The number of aliphatic hydroxyl groups excluding tert-OH is 1. The third-order valence-electron chi connectivity index (χ3n) is 5.66. The number of aryl methyl sites for hydroxylation is 5. The molecule has 0 atom stereocenters. The Morgan fingerprint density at radius 2 is 0.923 bits per heavy atom. The van der Waals surface area contributed by atoms with E-state index >= 15 is 0 Å². The summed E-state index contributed by atoms with van der Waals surface area (Å²) in [6, 6.07) is 27.5. The van der Waals surface area contributed by atoms with E-state index in [1.165, 1.54) is 27.8 Å². The minimum absolute atomic E-state index is 0.0326. The summed E-state index contributed by atoms with van der Waals surface area (Å²) >= 11 is 0. The molecule has 5 nitrogen and oxygen atoms in total. The summed E-state index contributed by atoms with van der Waals surface area (Å²) in [5.41, 5.74) is 8.28. The molecule has 0 aromatic heterocycles. The van der Waals surface area contributed by atoms with E-state index in [1.54, 1.807) is 26.4 Å². The van der Waals surface area contributed by atoms with Gasteiger partial charge in [-0.3, -0.25) is 0 Å². The number of benzene rings is 4. The molecule has 0 bridgehead atoms. The van der Waals surface area contributed by atoms with Crippen molar-refractivity contribution in [3.05, 3.63) is 124 Å². The van der Waals surface area contributed by atoms with E-state index in [0.29, 0.717) is 5.75 Å². The van der Waals surface area contributed by atoms with Crippen molar-refractivity contribution in [2.24, 2.45) is 0 Å². The Morgan fingerprint density at radius 1 is 0.564 bits per heavy atom. The molecule has 4 aromatic carbocycles. The number of phenols is 1. The average molecular weight is 532 g/mol. The summed E-state index contributed by atoms with van der Waals surface area (Å²) in [5, 5.41) is 20.8. The van der Waals surface area contributed by atoms with Crippen molar-refractivity contribution in [3.63, 3.8) is 0 Å². The Balaban J connectivity index is 0.000000264. The van der Waals surface area contributed by atoms with Gasteiger partial charge in [-0.05, 0) is 65.9 Å². The number of methoxy groups -OCH3 is 2. The lowest BCUT2D eigenvalue weighted by atomic mass is 10.1. The van der Waals surface area contributed by atoms with Crippen molar-refractivity contribution in [2.45, 2.75) is 47.8 Å². The van der Waals surface area contributed by atoms with E-state index in [0.717, 1.165) is 29.2 Å². The van der Waals surface area contributed by atoms with Crippen LogP contribution in [0.15, 0.2) is 84.9 Å². The number of ether oxygens (including phenoxy) is 2. The summed E-state index contributed by atoms with van der Waals surface area (Å²) in [6.07, 6.45) is 0. The number of hydrogen-bond donors (Lipinski definition) is 3. The lowest BCUT2D eigenvalue weighted by Crippen LogP contribution is -2.06. The first-order chi connectivity index (χ1) is 18.6. The van der Waals surface area contributed by atoms with Crippen LogP contribution in [0.5, 0.6) is 17.2 Å². The molecule has 4 aromatic rings. The van der Waals surface area contributed by atoms with Crippen LogP contribution in [0.1, 0.15) is 38.9 Å². The van der Waals surface area contributed by atoms with Crippen molar-refractivity contribution in [3.8, 4) is 17.2 Å². The maximum Gasteiger partial charge on any atom is 0.124 e. The maximum atomic E-state index is 8.89. The minimum Gasteiger partial charge on any atom is -0.508 e. The third kappa shape index (κ3) is 13.5. The summed E-state index contributed by atoms with van der Waals surface area (Å²) in [4.78, 5) is 0. The average Bonchev–Trinajstić information content (AvgIpc) is 2.93. The van der Waals surface area contributed by atoms with Crippen LogP contribution in [-0.2, 0) is 13.2 Å². The molecule has 5 heteroatoms. The smallest absolute Gasteiger partial charge is 0.124 e. The van der Waals surface area contributed by atoms with Gasteiger partial charge in [0.25, 0.3) is 0 Å². The second-order valence-electron chi connectivity index (χ2n) is 9.31. The van der Waals surface area contributed by atoms with Crippen LogP contribution in [0, 0.1) is 34.6 Å². The van der Waals surface area contributed by atoms with Crippen LogP contribution in [0.2, 0.25) is 0 Å². The number of phenolic OH excluding ortho intramolecular Hbond substituents is 1. The Kier molecular flexibility index (Phi) is 15.7. The van der Waals surface area contributed by atoms with Crippen LogP contribution in [-0.4, -0.2) is 31.5 Å². The Labute approximate surface area is 235 Å². The van der Waals surface area contributed by atoms with Gasteiger partial charge in [0.1, 0.15) is 17.2 Å². The number of nitrogens with one attached hydrogen (secondary N) is 1. The fraction of sp³-hybridized carbons (Fsp3) is 0.294. The number of aromatic hydroxyl groups is 1. The summed E-state index contributed by atoms with van der Waals surface area (Å²) in [7, 11) is 5.23. The fourth-order valence-electron chi connectivity index (χ4n) is 3.45. The SMILES string of the molecule is CNCc1cc(C)ccc1OC.COc1ccc(C)cc1CO.Cc1ccc(C)cc1.Cc1ccc(O)cc1. The van der Waals surface area contributed by atoms with Gasteiger partial charge in [0.2, 0.25) is 0 Å². The molecule has 0 amide bonds. The molecule has 0 unspecified atom stereocenters. The molecule has 0 heterocycles. The molecule has 0 aliphatic rings. The molecule has 0 aliphatic heterocycles. The van der Waals surface area contributed by atoms with Gasteiger partial charge in [-0.1, -0.05) is 88.5 Å². The first-order valence-electron chi connectivity index (χ1n) is 12.9. The van der Waals surface area contributed by atoms with E-state index in [-0.39, 0.29) is 6.61 Å². The van der Waals surface area contributed by atoms with Crippen molar-refractivity contribution in [2.75, 3.05) is 21.3 Å². The number of rotatable bonds is 5. The molecular weight excluding hydrogens is 486 g/mol.